The van der Waals surface area contributed by atoms with E-state index in [-0.39, 0.29) is 6.42 Å². The molecule has 0 bridgehead atoms. The van der Waals surface area contributed by atoms with Gasteiger partial charge in [0.15, 0.2) is 0 Å². The summed E-state index contributed by atoms with van der Waals surface area (Å²) in [5, 5.41) is 12.3. The average Bonchev–Trinajstić information content (AvgIpc) is 2.48. The van der Waals surface area contributed by atoms with Crippen molar-refractivity contribution in [3.63, 3.8) is 0 Å². The van der Waals surface area contributed by atoms with E-state index in [1.54, 1.807) is 0 Å². The highest BCUT2D eigenvalue weighted by Gasteiger charge is 2.17. The Morgan fingerprint density at radius 3 is 2.94 bits per heavy atom. The van der Waals surface area contributed by atoms with Crippen molar-refractivity contribution in [3.05, 3.63) is 23.3 Å². The Labute approximate surface area is 108 Å². The topological polar surface area (TPSA) is 52.6 Å². The largest absolute Gasteiger partial charge is 0.481 e. The third kappa shape index (κ3) is 2.75. The molecule has 0 aliphatic carbocycles. The molecule has 0 atom stereocenters. The van der Waals surface area contributed by atoms with Crippen LogP contribution in [0.2, 0.25) is 0 Å². The molecule has 0 saturated heterocycles. The summed E-state index contributed by atoms with van der Waals surface area (Å²) in [6.45, 7) is 6.61. The summed E-state index contributed by atoms with van der Waals surface area (Å²) in [5.74, 6) is -0.738. The fraction of sp³-hybridized carbons (Fsp3) is 0.500. The van der Waals surface area contributed by atoms with Crippen LogP contribution in [0.1, 0.15) is 24.0 Å². The number of carboxylic acids is 1. The van der Waals surface area contributed by atoms with E-state index in [1.165, 1.54) is 11.1 Å². The Bertz CT molecular complexity index is 457. The number of hydrogen-bond donors (Lipinski definition) is 2. The van der Waals surface area contributed by atoms with Crippen molar-refractivity contribution in [3.8, 4) is 0 Å². The maximum atomic E-state index is 10.7. The van der Waals surface area contributed by atoms with Crippen molar-refractivity contribution in [1.29, 1.82) is 0 Å². The van der Waals surface area contributed by atoms with Gasteiger partial charge < -0.3 is 15.3 Å². The zero-order valence-electron chi connectivity index (χ0n) is 11.0. The van der Waals surface area contributed by atoms with Crippen LogP contribution in [0.15, 0.2) is 12.1 Å². The van der Waals surface area contributed by atoms with Crippen LogP contribution in [-0.2, 0) is 4.79 Å². The van der Waals surface area contributed by atoms with Gasteiger partial charge in [-0.05, 0) is 37.5 Å². The quantitative estimate of drug-likeness (QED) is 0.862. The average molecular weight is 248 g/mol. The first-order chi connectivity index (χ1) is 8.58. The molecule has 0 aromatic heterocycles. The minimum atomic E-state index is -0.738. The number of aryl methyl sites for hydroxylation is 2. The SMILES string of the molecule is Cc1cc(C)c2c(c1)N(CCC(=O)O)CCCN2. The molecule has 1 aliphatic rings. The normalized spacial score (nSPS) is 14.7. The first-order valence-corrected chi connectivity index (χ1v) is 6.40. The maximum Gasteiger partial charge on any atom is 0.305 e. The lowest BCUT2D eigenvalue weighted by atomic mass is 10.1. The number of anilines is 2. The molecule has 0 saturated carbocycles. The molecular weight excluding hydrogens is 228 g/mol. The standard InChI is InChI=1S/C14H20N2O2/c1-10-8-11(2)14-12(9-10)16(6-3-5-15-14)7-4-13(17)18/h8-9,15H,3-7H2,1-2H3,(H,17,18). The van der Waals surface area contributed by atoms with Crippen molar-refractivity contribution in [1.82, 2.24) is 0 Å². The molecule has 1 aromatic carbocycles. The fourth-order valence-electron chi connectivity index (χ4n) is 2.49. The highest BCUT2D eigenvalue weighted by molar-refractivity contribution is 5.76. The van der Waals surface area contributed by atoms with E-state index in [9.17, 15) is 4.79 Å². The number of hydrogen-bond acceptors (Lipinski definition) is 3. The molecular formula is C14H20N2O2. The molecule has 1 aliphatic heterocycles. The van der Waals surface area contributed by atoms with Crippen LogP contribution in [-0.4, -0.2) is 30.7 Å². The number of carbonyl (C=O) groups is 1. The molecule has 4 nitrogen and oxygen atoms in total. The smallest absolute Gasteiger partial charge is 0.305 e. The lowest BCUT2D eigenvalue weighted by Crippen LogP contribution is -2.26. The van der Waals surface area contributed by atoms with Crippen LogP contribution >= 0.6 is 0 Å². The molecule has 1 aromatic rings. The third-order valence-corrected chi connectivity index (χ3v) is 3.30. The summed E-state index contributed by atoms with van der Waals surface area (Å²) in [5.41, 5.74) is 4.75. The molecule has 4 heteroatoms. The van der Waals surface area contributed by atoms with Gasteiger partial charge in [-0.1, -0.05) is 6.07 Å². The second-order valence-electron chi connectivity index (χ2n) is 4.89. The number of carboxylic acid groups (broad SMARTS) is 1. The summed E-state index contributed by atoms with van der Waals surface area (Å²) in [6, 6.07) is 4.30. The van der Waals surface area contributed by atoms with Gasteiger partial charge in [0.05, 0.1) is 17.8 Å². The third-order valence-electron chi connectivity index (χ3n) is 3.30. The van der Waals surface area contributed by atoms with Gasteiger partial charge in [0.2, 0.25) is 0 Å². The summed E-state index contributed by atoms with van der Waals surface area (Å²) >= 11 is 0. The monoisotopic (exact) mass is 248 g/mol. The van der Waals surface area contributed by atoms with Crippen molar-refractivity contribution in [2.75, 3.05) is 29.9 Å². The maximum absolute atomic E-state index is 10.7. The van der Waals surface area contributed by atoms with Crippen LogP contribution in [0.4, 0.5) is 11.4 Å². The van der Waals surface area contributed by atoms with E-state index < -0.39 is 5.97 Å². The van der Waals surface area contributed by atoms with Crippen LogP contribution < -0.4 is 10.2 Å². The van der Waals surface area contributed by atoms with E-state index in [1.807, 2.05) is 0 Å². The minimum Gasteiger partial charge on any atom is -0.481 e. The Balaban J connectivity index is 2.31. The summed E-state index contributed by atoms with van der Waals surface area (Å²) < 4.78 is 0. The number of aliphatic carboxylic acids is 1. The van der Waals surface area contributed by atoms with Crippen LogP contribution in [0.5, 0.6) is 0 Å². The van der Waals surface area contributed by atoms with E-state index >= 15 is 0 Å². The van der Waals surface area contributed by atoms with Gasteiger partial charge in [-0.3, -0.25) is 4.79 Å². The van der Waals surface area contributed by atoms with Crippen molar-refractivity contribution < 1.29 is 9.90 Å². The Morgan fingerprint density at radius 1 is 1.44 bits per heavy atom. The molecule has 0 unspecified atom stereocenters. The zero-order valence-corrected chi connectivity index (χ0v) is 11.0. The van der Waals surface area contributed by atoms with Crippen molar-refractivity contribution in [2.24, 2.45) is 0 Å². The fourth-order valence-corrected chi connectivity index (χ4v) is 2.49. The van der Waals surface area contributed by atoms with E-state index in [2.05, 4.69) is 36.2 Å². The van der Waals surface area contributed by atoms with Crippen LogP contribution in [0, 0.1) is 13.8 Å². The molecule has 2 rings (SSSR count). The molecule has 0 spiro atoms. The molecule has 0 radical (unpaired) electrons. The highest BCUT2D eigenvalue weighted by atomic mass is 16.4. The van der Waals surface area contributed by atoms with Gasteiger partial charge in [0.25, 0.3) is 0 Å². The van der Waals surface area contributed by atoms with Gasteiger partial charge in [0, 0.05) is 19.6 Å². The van der Waals surface area contributed by atoms with Crippen molar-refractivity contribution >= 4 is 17.3 Å². The molecule has 0 fully saturated rings. The van der Waals surface area contributed by atoms with E-state index in [4.69, 9.17) is 5.11 Å². The Kier molecular flexibility index (Phi) is 3.75. The second kappa shape index (κ2) is 5.29. The number of benzene rings is 1. The van der Waals surface area contributed by atoms with E-state index in [0.717, 1.165) is 30.9 Å². The van der Waals surface area contributed by atoms with Crippen LogP contribution in [0.25, 0.3) is 0 Å². The number of nitrogens with one attached hydrogen (secondary N) is 1. The number of fused-ring (bicyclic) bond motifs is 1. The molecule has 18 heavy (non-hydrogen) atoms. The zero-order chi connectivity index (χ0) is 13.1. The molecule has 1 heterocycles. The van der Waals surface area contributed by atoms with Gasteiger partial charge >= 0.3 is 5.97 Å². The minimum absolute atomic E-state index is 0.187. The van der Waals surface area contributed by atoms with Crippen molar-refractivity contribution in [2.45, 2.75) is 26.7 Å². The van der Waals surface area contributed by atoms with Gasteiger partial charge in [-0.2, -0.15) is 0 Å². The molecule has 0 amide bonds. The second-order valence-corrected chi connectivity index (χ2v) is 4.89. The van der Waals surface area contributed by atoms with Crippen LogP contribution in [0.3, 0.4) is 0 Å². The summed E-state index contributed by atoms with van der Waals surface area (Å²) in [6.07, 6.45) is 1.22. The first kappa shape index (κ1) is 12.7. The van der Waals surface area contributed by atoms with Gasteiger partial charge in [-0.25, -0.2) is 0 Å². The van der Waals surface area contributed by atoms with E-state index in [0.29, 0.717) is 6.54 Å². The Hall–Kier alpha value is -1.71. The van der Waals surface area contributed by atoms with Gasteiger partial charge in [0.1, 0.15) is 0 Å². The number of nitrogens with zero attached hydrogens (tertiary/aromatic N) is 1. The lowest BCUT2D eigenvalue weighted by molar-refractivity contribution is -0.136. The summed E-state index contributed by atoms with van der Waals surface area (Å²) in [7, 11) is 0. The number of rotatable bonds is 3. The Morgan fingerprint density at radius 2 is 2.22 bits per heavy atom. The predicted octanol–water partition coefficient (Wildman–Crippen LogP) is 2.40. The van der Waals surface area contributed by atoms with Gasteiger partial charge in [-0.15, -0.1) is 0 Å². The first-order valence-electron chi connectivity index (χ1n) is 6.40. The highest BCUT2D eigenvalue weighted by Crippen LogP contribution is 2.32. The molecule has 2 N–H and O–H groups in total. The lowest BCUT2D eigenvalue weighted by Gasteiger charge is -2.25. The summed E-state index contributed by atoms with van der Waals surface area (Å²) in [4.78, 5) is 12.9. The predicted molar refractivity (Wildman–Crippen MR) is 73.5 cm³/mol. The molecule has 98 valence electrons.